The zero-order valence-corrected chi connectivity index (χ0v) is 56.1. The van der Waals surface area contributed by atoms with Gasteiger partial charge in [-0.15, -0.1) is 0 Å². The molecule has 1 unspecified atom stereocenters. The summed E-state index contributed by atoms with van der Waals surface area (Å²) in [6.45, 7) is 7.58. The van der Waals surface area contributed by atoms with Gasteiger partial charge in [0, 0.05) is 93.1 Å². The molecule has 1 atom stereocenters. The van der Waals surface area contributed by atoms with Crippen LogP contribution in [0.5, 0.6) is 0 Å². The lowest BCUT2D eigenvalue weighted by Gasteiger charge is -2.15. The van der Waals surface area contributed by atoms with Gasteiger partial charge in [-0.1, -0.05) is 94.2 Å². The number of rotatable bonds is 12. The molecule has 2 aliphatic rings. The van der Waals surface area contributed by atoms with Crippen molar-refractivity contribution in [1.29, 1.82) is 0 Å². The van der Waals surface area contributed by atoms with Crippen LogP contribution in [-0.4, -0.2) is 69.0 Å². The van der Waals surface area contributed by atoms with Gasteiger partial charge in [0.25, 0.3) is 17.7 Å². The van der Waals surface area contributed by atoms with E-state index in [-0.39, 0.29) is 33.9 Å². The lowest BCUT2D eigenvalue weighted by molar-refractivity contribution is -0.519. The molecule has 3 amide bonds. The summed E-state index contributed by atoms with van der Waals surface area (Å²) in [5, 5.41) is 20.9. The number of aryl methyl sites for hydroxylation is 4. The average molecular weight is 1440 g/mol. The molecule has 8 aromatic carbocycles. The van der Waals surface area contributed by atoms with Crippen LogP contribution in [0.2, 0.25) is 0 Å². The zero-order chi connectivity index (χ0) is 74.7. The number of anilines is 3. The number of azo groups is 2. The molecule has 3 N–H and O–H groups in total. The van der Waals surface area contributed by atoms with Gasteiger partial charge in [0.05, 0.1) is 51.6 Å². The number of pyridine rings is 1. The van der Waals surface area contributed by atoms with Crippen LogP contribution in [0.1, 0.15) is 75.6 Å². The molecule has 0 spiro atoms. The molecule has 26 heteroatoms. The lowest BCUT2D eigenvalue weighted by atomic mass is 9.98. The van der Waals surface area contributed by atoms with E-state index in [1.165, 1.54) is 77.8 Å². The molecule has 0 fully saturated rings. The molecule has 528 valence electrons. The monoisotopic (exact) mass is 1440 g/mol. The minimum atomic E-state index is -4.78. The van der Waals surface area contributed by atoms with Gasteiger partial charge >= 0.3 is 18.5 Å². The highest BCUT2D eigenvalue weighted by Gasteiger charge is 2.41. The van der Waals surface area contributed by atoms with E-state index < -0.39 is 75.9 Å². The minimum Gasteiger partial charge on any atom is -0.322 e. The van der Waals surface area contributed by atoms with E-state index in [4.69, 9.17) is 0 Å². The number of imidazole rings is 2. The summed E-state index contributed by atoms with van der Waals surface area (Å²) in [7, 11) is 0. The van der Waals surface area contributed by atoms with Crippen molar-refractivity contribution < 1.29 is 63.0 Å². The van der Waals surface area contributed by atoms with E-state index >= 15 is 0 Å². The highest BCUT2D eigenvalue weighted by Crippen LogP contribution is 2.40. The Morgan fingerprint density at radius 1 is 0.453 bits per heavy atom. The smallest absolute Gasteiger partial charge is 0.322 e. The number of aromatic nitrogens is 7. The first-order chi connectivity index (χ1) is 50.9. The molecule has 0 saturated carbocycles. The molecule has 106 heavy (non-hydrogen) atoms. The molecule has 2 aliphatic heterocycles. The fourth-order valence-electron chi connectivity index (χ4n) is 11.8. The number of nitrogens with one attached hydrogen (secondary N) is 3. The number of hydrogen-bond acceptors (Lipinski definition) is 10. The normalized spacial score (nSPS) is 13.2. The van der Waals surface area contributed by atoms with E-state index in [2.05, 4.69) is 51.2 Å². The van der Waals surface area contributed by atoms with E-state index in [1.54, 1.807) is 107 Å². The number of nitrogens with zero attached hydrogens (tertiary/aromatic N) is 10. The van der Waals surface area contributed by atoms with Crippen molar-refractivity contribution in [2.45, 2.75) is 46.2 Å². The number of alkyl halides is 6. The van der Waals surface area contributed by atoms with Crippen molar-refractivity contribution in [3.8, 4) is 44.8 Å². The van der Waals surface area contributed by atoms with Gasteiger partial charge < -0.3 is 16.0 Å². The highest BCUT2D eigenvalue weighted by atomic mass is 19.4. The minimum absolute atomic E-state index is 0.0808. The Labute approximate surface area is 597 Å². The number of carbonyl (C=O) groups is 3. The molecule has 0 aliphatic carbocycles. The number of hydrogen-bond donors (Lipinski definition) is 3. The van der Waals surface area contributed by atoms with Crippen LogP contribution in [0.3, 0.4) is 0 Å². The molecular formula is C80H56F10N13O3+. The van der Waals surface area contributed by atoms with Gasteiger partial charge in [0.1, 0.15) is 6.20 Å². The molecule has 0 radical (unpaired) electrons. The average Bonchev–Trinajstić information content (AvgIpc) is 1.51. The van der Waals surface area contributed by atoms with Crippen molar-refractivity contribution in [2.24, 2.45) is 10.1 Å². The summed E-state index contributed by atoms with van der Waals surface area (Å²) in [6.07, 6.45) is 3.92. The van der Waals surface area contributed by atoms with Crippen molar-refractivity contribution in [3.63, 3.8) is 0 Å². The third-order valence-corrected chi connectivity index (χ3v) is 17.3. The Morgan fingerprint density at radius 2 is 0.915 bits per heavy atom. The second-order valence-electron chi connectivity index (χ2n) is 24.5. The van der Waals surface area contributed by atoms with Crippen LogP contribution in [0.15, 0.2) is 248 Å². The summed E-state index contributed by atoms with van der Waals surface area (Å²) in [6, 6.07) is 47.8. The van der Waals surface area contributed by atoms with E-state index in [0.717, 1.165) is 63.7 Å². The maximum absolute atomic E-state index is 14.4. The van der Waals surface area contributed by atoms with Crippen molar-refractivity contribution >= 4 is 63.6 Å². The summed E-state index contributed by atoms with van der Waals surface area (Å²) in [5.74, 6) is -5.99. The van der Waals surface area contributed by atoms with Crippen molar-refractivity contribution in [1.82, 2.24) is 34.2 Å². The number of amides is 3. The first-order valence-electron chi connectivity index (χ1n) is 32.4. The fraction of sp³-hybridized carbons (Fsp3) is 0.0875. The topological polar surface area (TPSA) is 188 Å². The van der Waals surface area contributed by atoms with Crippen molar-refractivity contribution in [3.05, 3.63) is 322 Å². The Morgan fingerprint density at radius 3 is 1.42 bits per heavy atom. The number of fused-ring (bicyclic) bond motifs is 3. The quantitative estimate of drug-likeness (QED) is 0.0796. The Kier molecular flexibility index (Phi) is 19.8. The molecule has 0 bridgehead atoms. The van der Waals surface area contributed by atoms with E-state index in [0.29, 0.717) is 61.9 Å². The lowest BCUT2D eigenvalue weighted by Crippen LogP contribution is -2.24. The SMILES string of the molecule is Cc1ccc(NC(=O)c2cc(-c3ccnn4c(-c5cccc(F)c5F)cnc34)ccc2C(F)(F)F)cc1.Cc1ccc(NC(=O)c2cc(-c3ccnn4c(-c5cccnc5)cnc34)ccc2C(F)(F)F)cc1.Cc1ccc(NC(=O)c2cc(C3=CC=NC4C(c5cccc(F)c5F)=CN=[N+]34)ccc2C)cc1. The van der Waals surface area contributed by atoms with Crippen LogP contribution in [0.4, 0.5) is 61.0 Å². The first-order valence-corrected chi connectivity index (χ1v) is 32.4. The number of carbonyl (C=O) groups excluding carboxylic acids is 3. The third kappa shape index (κ3) is 14.9. The maximum Gasteiger partial charge on any atom is 0.417 e. The third-order valence-electron chi connectivity index (χ3n) is 17.3. The largest absolute Gasteiger partial charge is 0.417 e. The maximum atomic E-state index is 14.4. The van der Waals surface area contributed by atoms with Crippen molar-refractivity contribution in [2.75, 3.05) is 16.0 Å². The van der Waals surface area contributed by atoms with Gasteiger partial charge in [-0.25, -0.2) is 41.6 Å². The predicted octanol–water partition coefficient (Wildman–Crippen LogP) is 19.1. The second kappa shape index (κ2) is 29.5. The van der Waals surface area contributed by atoms with Crippen LogP contribution in [0.25, 0.3) is 67.3 Å². The Balaban J connectivity index is 0.000000141. The summed E-state index contributed by atoms with van der Waals surface area (Å²) >= 11 is 0. The van der Waals surface area contributed by atoms with Gasteiger partial charge in [-0.05, 0) is 165 Å². The number of aliphatic imine (C=N–C) groups is 1. The number of allylic oxidation sites excluding steroid dienone is 1. The molecule has 15 rings (SSSR count). The van der Waals surface area contributed by atoms with Crippen LogP contribution < -0.4 is 16.0 Å². The molecule has 7 heterocycles. The number of benzene rings is 8. The standard InChI is InChI=1S/C27H17F5N4O.C27H20F2N4O.C26H18F3N5O/c1-15-5-8-17(9-6-15)35-26(37)20-13-16(7-10-21(20)27(30,31)32)18-11-12-34-36-23(14-33-25(18)36)19-3-2-4-22(28)24(19)29;1-16-6-10-19(11-7-16)32-27(34)21-14-18(9-8-17(21)2)24-12-13-30-26-22(15-31-33(24)26)20-4-3-5-23(28)25(20)29;1-16-4-7-19(8-5-16)33-25(35)21-13-17(6-9-22(21)26(27,28)29)20-10-12-32-34-23(15-31-24(20)34)18-3-2-11-30-14-18/h2-14H,1H3,(H,35,37);3-15,26H,1-2H3;2-15H,1H3,(H,33,35)/p+1. The van der Waals surface area contributed by atoms with Crippen LogP contribution in [0, 0.1) is 51.0 Å². The Hall–Kier alpha value is -13.4. The molecule has 13 aromatic rings. The van der Waals surface area contributed by atoms with E-state index in [1.807, 2.05) is 70.2 Å². The van der Waals surface area contributed by atoms with Gasteiger partial charge in [0.2, 0.25) is 5.70 Å². The fourth-order valence-corrected chi connectivity index (χ4v) is 11.8. The molecular weight excluding hydrogens is 1380 g/mol. The first kappa shape index (κ1) is 71.0. The van der Waals surface area contributed by atoms with Crippen LogP contribution in [-0.2, 0) is 12.4 Å². The zero-order valence-electron chi connectivity index (χ0n) is 56.1. The van der Waals surface area contributed by atoms with Gasteiger partial charge in [-0.2, -0.15) is 36.5 Å². The van der Waals surface area contributed by atoms with Crippen LogP contribution >= 0.6 is 0 Å². The summed E-state index contributed by atoms with van der Waals surface area (Å²) < 4.78 is 144. The Bertz CT molecular complexity index is 5720. The second-order valence-corrected chi connectivity index (χ2v) is 24.5. The summed E-state index contributed by atoms with van der Waals surface area (Å²) in [5.41, 5.74) is 8.38. The number of halogens is 10. The van der Waals surface area contributed by atoms with Gasteiger partial charge in [-0.3, -0.25) is 19.4 Å². The predicted molar refractivity (Wildman–Crippen MR) is 381 cm³/mol. The van der Waals surface area contributed by atoms with E-state index in [9.17, 15) is 58.3 Å². The van der Waals surface area contributed by atoms with Gasteiger partial charge in [0.15, 0.2) is 34.6 Å². The molecule has 16 nitrogen and oxygen atoms in total. The summed E-state index contributed by atoms with van der Waals surface area (Å²) in [4.78, 5) is 56.1. The molecule has 0 saturated heterocycles. The highest BCUT2D eigenvalue weighted by molar-refractivity contribution is 6.08. The molecule has 5 aromatic heterocycles.